The molecule has 0 aliphatic heterocycles. The van der Waals surface area contributed by atoms with Crippen LogP contribution in [0, 0.1) is 11.5 Å². The van der Waals surface area contributed by atoms with Crippen LogP contribution in [0.4, 0.5) is 0 Å². The molecule has 0 aromatic heterocycles. The van der Waals surface area contributed by atoms with Gasteiger partial charge in [0.25, 0.3) is 0 Å². The molecule has 0 heterocycles. The molecule has 0 aliphatic rings. The predicted molar refractivity (Wildman–Crippen MR) is 29.7 cm³/mol. The molecule has 0 saturated heterocycles. The summed E-state index contributed by atoms with van der Waals surface area (Å²) in [6.07, 6.45) is 1.42. The highest BCUT2D eigenvalue weighted by Crippen LogP contribution is 1.87. The highest BCUT2D eigenvalue weighted by atomic mass is 16.7. The van der Waals surface area contributed by atoms with Crippen LogP contribution >= 0.6 is 0 Å². The minimum Gasteiger partial charge on any atom is -0.329 e. The van der Waals surface area contributed by atoms with Gasteiger partial charge in [0.15, 0.2) is 0 Å². The summed E-state index contributed by atoms with van der Waals surface area (Å²) in [5, 5.41) is 7.83. The van der Waals surface area contributed by atoms with E-state index in [2.05, 4.69) is 11.4 Å². The zero-order valence-electron chi connectivity index (χ0n) is 4.97. The van der Waals surface area contributed by atoms with Gasteiger partial charge in [-0.25, -0.2) is 4.79 Å². The summed E-state index contributed by atoms with van der Waals surface area (Å²) in [4.78, 5) is 14.5. The van der Waals surface area contributed by atoms with E-state index in [1.165, 1.54) is 13.1 Å². The Morgan fingerprint density at radius 1 is 1.89 bits per heavy atom. The van der Waals surface area contributed by atoms with Gasteiger partial charge in [0.1, 0.15) is 0 Å². The fourth-order valence-electron chi connectivity index (χ4n) is 0.156. The van der Waals surface area contributed by atoms with Crippen LogP contribution in [0.5, 0.6) is 0 Å². The lowest BCUT2D eigenvalue weighted by atomic mass is 10.4. The smallest absolute Gasteiger partial charge is 0.329 e. The van der Waals surface area contributed by atoms with Crippen molar-refractivity contribution in [2.45, 2.75) is 6.92 Å². The van der Waals surface area contributed by atoms with Gasteiger partial charge in [-0.2, -0.15) is 10.7 Å². The Morgan fingerprint density at radius 2 is 2.44 bits per heavy atom. The summed E-state index contributed by atoms with van der Waals surface area (Å²) in [7, 11) is 0. The number of carbonyl (C=O) groups excluding carboxylic acids is 1. The third-order valence-electron chi connectivity index (χ3n) is 0.538. The number of carbonyl (C=O) groups is 1. The molecule has 4 heteroatoms. The fraction of sp³-hybridized carbons (Fsp3) is 0.200. The van der Waals surface area contributed by atoms with Crippen molar-refractivity contribution in [3.05, 3.63) is 12.2 Å². The number of nitrogens with zero attached hydrogens (tertiary/aromatic N) is 1. The molecule has 0 aliphatic carbocycles. The van der Waals surface area contributed by atoms with E-state index in [1.54, 1.807) is 5.48 Å². The monoisotopic (exact) mass is 126 g/mol. The van der Waals surface area contributed by atoms with Crippen molar-refractivity contribution in [2.24, 2.45) is 0 Å². The van der Waals surface area contributed by atoms with E-state index < -0.39 is 5.97 Å². The molecular weight excluding hydrogens is 120 g/mol. The fourth-order valence-corrected chi connectivity index (χ4v) is 0.156. The topological polar surface area (TPSA) is 62.1 Å². The van der Waals surface area contributed by atoms with Gasteiger partial charge < -0.3 is 4.84 Å². The molecule has 1 N–H and O–H groups in total. The van der Waals surface area contributed by atoms with Crippen LogP contribution in [-0.4, -0.2) is 5.97 Å². The number of nitrogens with one attached hydrogen (secondary N) is 1. The first-order chi connectivity index (χ1) is 4.18. The van der Waals surface area contributed by atoms with E-state index in [1.807, 2.05) is 0 Å². The van der Waals surface area contributed by atoms with Crippen molar-refractivity contribution < 1.29 is 9.63 Å². The van der Waals surface area contributed by atoms with Gasteiger partial charge in [0.05, 0.1) is 0 Å². The van der Waals surface area contributed by atoms with E-state index >= 15 is 0 Å². The molecule has 0 atom stereocenters. The van der Waals surface area contributed by atoms with Crippen LogP contribution in [0.25, 0.3) is 0 Å². The zero-order chi connectivity index (χ0) is 7.28. The maximum absolute atomic E-state index is 10.4. The molecule has 0 rings (SSSR count). The lowest BCUT2D eigenvalue weighted by molar-refractivity contribution is -0.143. The van der Waals surface area contributed by atoms with E-state index in [0.29, 0.717) is 0 Å². The number of nitriles is 1. The number of rotatable bonds is 2. The average molecular weight is 126 g/mol. The summed E-state index contributed by atoms with van der Waals surface area (Å²) in [5.74, 6) is -0.628. The van der Waals surface area contributed by atoms with Crippen LogP contribution in [-0.2, 0) is 9.63 Å². The maximum atomic E-state index is 10.4. The van der Waals surface area contributed by atoms with Crippen molar-refractivity contribution in [3.63, 3.8) is 0 Å². The third kappa shape index (κ3) is 3.12. The highest BCUT2D eigenvalue weighted by Gasteiger charge is 2.00. The Labute approximate surface area is 52.7 Å². The molecule has 0 spiro atoms. The van der Waals surface area contributed by atoms with Gasteiger partial charge in [0, 0.05) is 5.57 Å². The van der Waals surface area contributed by atoms with Gasteiger partial charge in [-0.15, -0.1) is 0 Å². The molecule has 0 bridgehead atoms. The second kappa shape index (κ2) is 3.50. The normalized spacial score (nSPS) is 7.11. The first-order valence-corrected chi connectivity index (χ1v) is 2.19. The largest absolute Gasteiger partial charge is 0.358 e. The van der Waals surface area contributed by atoms with Gasteiger partial charge in [-0.05, 0) is 6.92 Å². The van der Waals surface area contributed by atoms with Gasteiger partial charge >= 0.3 is 5.97 Å². The van der Waals surface area contributed by atoms with Gasteiger partial charge in [-0.3, -0.25) is 0 Å². The summed E-state index contributed by atoms with van der Waals surface area (Å²) in [6.45, 7) is 4.77. The minimum absolute atomic E-state index is 0.248. The molecule has 0 unspecified atom stereocenters. The molecule has 0 amide bonds. The predicted octanol–water partition coefficient (Wildman–Crippen LogP) is 0.0914. The number of hydroxylamine groups is 1. The van der Waals surface area contributed by atoms with Crippen molar-refractivity contribution in [1.29, 1.82) is 5.26 Å². The third-order valence-corrected chi connectivity index (χ3v) is 0.538. The van der Waals surface area contributed by atoms with Crippen LogP contribution in [0.2, 0.25) is 0 Å². The van der Waals surface area contributed by atoms with Crippen LogP contribution in [0.3, 0.4) is 0 Å². The molecule has 0 saturated carbocycles. The summed E-state index contributed by atoms with van der Waals surface area (Å²) >= 11 is 0. The second-order valence-electron chi connectivity index (χ2n) is 1.38. The van der Waals surface area contributed by atoms with Crippen molar-refractivity contribution in [3.8, 4) is 6.19 Å². The zero-order valence-corrected chi connectivity index (χ0v) is 4.97. The van der Waals surface area contributed by atoms with Crippen molar-refractivity contribution >= 4 is 5.97 Å². The van der Waals surface area contributed by atoms with Gasteiger partial charge in [0.2, 0.25) is 6.19 Å². The molecule has 0 radical (unpaired) electrons. The maximum Gasteiger partial charge on any atom is 0.358 e. The Morgan fingerprint density at radius 3 is 2.78 bits per heavy atom. The molecule has 0 aromatic rings. The van der Waals surface area contributed by atoms with Crippen LogP contribution < -0.4 is 5.48 Å². The number of hydrogen-bond acceptors (Lipinski definition) is 4. The van der Waals surface area contributed by atoms with E-state index in [9.17, 15) is 4.79 Å². The molecular formula is C5H6N2O2. The minimum atomic E-state index is -0.628. The van der Waals surface area contributed by atoms with Crippen molar-refractivity contribution in [2.75, 3.05) is 0 Å². The lowest BCUT2D eigenvalue weighted by Gasteiger charge is -1.95. The Kier molecular flexibility index (Phi) is 2.91. The van der Waals surface area contributed by atoms with Crippen LogP contribution in [0.1, 0.15) is 6.92 Å². The summed E-state index contributed by atoms with van der Waals surface area (Å²) in [5.41, 5.74) is 1.97. The van der Waals surface area contributed by atoms with E-state index in [4.69, 9.17) is 5.26 Å². The number of hydrogen-bond donors (Lipinski definition) is 1. The lowest BCUT2D eigenvalue weighted by Crippen LogP contribution is -2.14. The Balaban J connectivity index is 3.55. The van der Waals surface area contributed by atoms with Crippen molar-refractivity contribution in [1.82, 2.24) is 5.48 Å². The summed E-state index contributed by atoms with van der Waals surface area (Å²) < 4.78 is 0. The molecule has 4 nitrogen and oxygen atoms in total. The van der Waals surface area contributed by atoms with Gasteiger partial charge in [-0.1, -0.05) is 6.58 Å². The van der Waals surface area contributed by atoms with Crippen LogP contribution in [0.15, 0.2) is 12.2 Å². The molecule has 48 valence electrons. The van der Waals surface area contributed by atoms with E-state index in [0.717, 1.165) is 0 Å². The molecule has 0 aromatic carbocycles. The quantitative estimate of drug-likeness (QED) is 0.246. The first-order valence-electron chi connectivity index (χ1n) is 2.19. The Bertz CT molecular complexity index is 168. The standard InChI is InChI=1S/C5H6N2O2/c1-4(2)5(8)9-7-3-6/h7H,1H2,2H3. The first kappa shape index (κ1) is 7.50. The van der Waals surface area contributed by atoms with E-state index in [-0.39, 0.29) is 5.57 Å². The molecule has 0 fully saturated rings. The Hall–Kier alpha value is -1.50. The highest BCUT2D eigenvalue weighted by molar-refractivity contribution is 5.86. The second-order valence-corrected chi connectivity index (χ2v) is 1.38. The SMILES string of the molecule is C=C(C)C(=O)ONC#N. The summed E-state index contributed by atoms with van der Waals surface area (Å²) in [6, 6.07) is 0. The molecule has 9 heavy (non-hydrogen) atoms. The average Bonchev–Trinajstić information content (AvgIpc) is 1.82.